The highest BCUT2D eigenvalue weighted by atomic mass is 16.6. The summed E-state index contributed by atoms with van der Waals surface area (Å²) in [5.74, 6) is 0.352. The predicted octanol–water partition coefficient (Wildman–Crippen LogP) is 1.29. The topological polar surface area (TPSA) is 114 Å². The van der Waals surface area contributed by atoms with Crippen molar-refractivity contribution in [2.45, 2.75) is 31.2 Å². The molecule has 0 spiro atoms. The van der Waals surface area contributed by atoms with Crippen LogP contribution in [-0.2, 0) is 0 Å². The zero-order valence-electron chi connectivity index (χ0n) is 9.93. The molecule has 1 heterocycles. The fourth-order valence-electron chi connectivity index (χ4n) is 2.33. The van der Waals surface area contributed by atoms with E-state index in [1.54, 1.807) is 0 Å². The van der Waals surface area contributed by atoms with E-state index in [0.29, 0.717) is 0 Å². The van der Waals surface area contributed by atoms with Gasteiger partial charge in [0, 0.05) is 6.07 Å². The lowest BCUT2D eigenvalue weighted by Crippen LogP contribution is -2.39. The Morgan fingerprint density at radius 2 is 2.17 bits per heavy atom. The van der Waals surface area contributed by atoms with Crippen molar-refractivity contribution < 1.29 is 10.0 Å². The molecule has 2 rings (SSSR count). The van der Waals surface area contributed by atoms with Crippen LogP contribution >= 0.6 is 0 Å². The Hall–Kier alpha value is -1.89. The van der Waals surface area contributed by atoms with Gasteiger partial charge < -0.3 is 16.2 Å². The Kier molecular flexibility index (Phi) is 3.33. The van der Waals surface area contributed by atoms with Gasteiger partial charge in [0.25, 0.3) is 0 Å². The molecule has 98 valence electrons. The summed E-state index contributed by atoms with van der Waals surface area (Å²) >= 11 is 0. The van der Waals surface area contributed by atoms with Crippen LogP contribution in [0.15, 0.2) is 12.1 Å². The van der Waals surface area contributed by atoms with Gasteiger partial charge in [0.1, 0.15) is 5.82 Å². The van der Waals surface area contributed by atoms with Crippen LogP contribution in [0.5, 0.6) is 0 Å². The SMILES string of the molecule is Nc1ccc([N+](=O)[O-])c(NC2(CO)CCCC2)n1. The van der Waals surface area contributed by atoms with Crippen LogP contribution in [-0.4, -0.2) is 27.2 Å². The second-order valence-electron chi connectivity index (χ2n) is 4.63. The molecule has 7 nitrogen and oxygen atoms in total. The van der Waals surface area contributed by atoms with E-state index in [-0.39, 0.29) is 23.9 Å². The molecule has 1 fully saturated rings. The maximum absolute atomic E-state index is 10.9. The number of pyridine rings is 1. The van der Waals surface area contributed by atoms with Crippen LogP contribution in [0.25, 0.3) is 0 Å². The van der Waals surface area contributed by atoms with Crippen molar-refractivity contribution in [2.75, 3.05) is 17.7 Å². The fourth-order valence-corrected chi connectivity index (χ4v) is 2.33. The first-order valence-corrected chi connectivity index (χ1v) is 5.86. The minimum Gasteiger partial charge on any atom is -0.394 e. The van der Waals surface area contributed by atoms with Crippen LogP contribution in [0.2, 0.25) is 0 Å². The van der Waals surface area contributed by atoms with E-state index in [4.69, 9.17) is 5.73 Å². The van der Waals surface area contributed by atoms with Gasteiger partial charge in [-0.15, -0.1) is 0 Å². The first-order valence-electron chi connectivity index (χ1n) is 5.86. The molecule has 18 heavy (non-hydrogen) atoms. The Morgan fingerprint density at radius 1 is 1.50 bits per heavy atom. The molecule has 0 unspecified atom stereocenters. The molecule has 0 saturated heterocycles. The lowest BCUT2D eigenvalue weighted by molar-refractivity contribution is -0.384. The molecule has 4 N–H and O–H groups in total. The van der Waals surface area contributed by atoms with Gasteiger partial charge >= 0.3 is 5.69 Å². The highest BCUT2D eigenvalue weighted by Crippen LogP contribution is 2.35. The minimum absolute atomic E-state index is 0.0688. The highest BCUT2D eigenvalue weighted by molar-refractivity contribution is 5.60. The van der Waals surface area contributed by atoms with Crippen molar-refractivity contribution in [1.29, 1.82) is 0 Å². The second kappa shape index (κ2) is 4.77. The second-order valence-corrected chi connectivity index (χ2v) is 4.63. The van der Waals surface area contributed by atoms with Gasteiger partial charge in [-0.3, -0.25) is 10.1 Å². The summed E-state index contributed by atoms with van der Waals surface area (Å²) in [7, 11) is 0. The lowest BCUT2D eigenvalue weighted by atomic mass is 9.99. The molecule has 0 atom stereocenters. The summed E-state index contributed by atoms with van der Waals surface area (Å²) in [5, 5.41) is 23.4. The number of nitrogens with one attached hydrogen (secondary N) is 1. The first-order chi connectivity index (χ1) is 8.56. The van der Waals surface area contributed by atoms with E-state index in [0.717, 1.165) is 25.7 Å². The minimum atomic E-state index is -0.508. The number of nitrogen functional groups attached to an aromatic ring is 1. The van der Waals surface area contributed by atoms with Crippen molar-refractivity contribution in [3.8, 4) is 0 Å². The zero-order chi connectivity index (χ0) is 13.2. The van der Waals surface area contributed by atoms with Crippen molar-refractivity contribution >= 4 is 17.3 Å². The van der Waals surface area contributed by atoms with Crippen molar-refractivity contribution in [3.63, 3.8) is 0 Å². The Morgan fingerprint density at radius 3 is 2.72 bits per heavy atom. The predicted molar refractivity (Wildman–Crippen MR) is 67.2 cm³/mol. The van der Waals surface area contributed by atoms with Gasteiger partial charge in [-0.2, -0.15) is 0 Å². The molecule has 1 aromatic rings. The molecular weight excluding hydrogens is 236 g/mol. The average Bonchev–Trinajstić information content (AvgIpc) is 2.78. The van der Waals surface area contributed by atoms with E-state index in [1.165, 1.54) is 12.1 Å². The van der Waals surface area contributed by atoms with E-state index >= 15 is 0 Å². The fraction of sp³-hybridized carbons (Fsp3) is 0.545. The molecule has 0 amide bonds. The van der Waals surface area contributed by atoms with Crippen molar-refractivity contribution in [1.82, 2.24) is 4.98 Å². The van der Waals surface area contributed by atoms with Crippen LogP contribution < -0.4 is 11.1 Å². The monoisotopic (exact) mass is 252 g/mol. The molecule has 0 radical (unpaired) electrons. The quantitative estimate of drug-likeness (QED) is 0.549. The molecule has 1 aliphatic rings. The third-order valence-corrected chi connectivity index (χ3v) is 3.34. The molecule has 1 saturated carbocycles. The molecule has 0 aliphatic heterocycles. The zero-order valence-corrected chi connectivity index (χ0v) is 9.93. The first kappa shape index (κ1) is 12.6. The van der Waals surface area contributed by atoms with Crippen molar-refractivity contribution in [2.24, 2.45) is 0 Å². The molecule has 0 bridgehead atoms. The summed E-state index contributed by atoms with van der Waals surface area (Å²) in [6, 6.07) is 2.72. The summed E-state index contributed by atoms with van der Waals surface area (Å²) in [6.45, 7) is -0.0688. The lowest BCUT2D eigenvalue weighted by Gasteiger charge is -2.28. The van der Waals surface area contributed by atoms with E-state index in [1.807, 2.05) is 0 Å². The number of aliphatic hydroxyl groups is 1. The number of aliphatic hydroxyl groups excluding tert-OH is 1. The molecule has 0 aromatic carbocycles. The summed E-state index contributed by atoms with van der Waals surface area (Å²) < 4.78 is 0. The molecular formula is C11H16N4O3. The Bertz CT molecular complexity index is 458. The normalized spacial score (nSPS) is 17.6. The van der Waals surface area contributed by atoms with Gasteiger partial charge in [-0.05, 0) is 18.9 Å². The largest absolute Gasteiger partial charge is 0.394 e. The van der Waals surface area contributed by atoms with Crippen LogP contribution in [0, 0.1) is 10.1 Å². The van der Waals surface area contributed by atoms with Crippen LogP contribution in [0.4, 0.5) is 17.3 Å². The number of anilines is 2. The molecule has 7 heteroatoms. The maximum atomic E-state index is 10.9. The number of hydrogen-bond acceptors (Lipinski definition) is 6. The number of hydrogen-bond donors (Lipinski definition) is 3. The van der Waals surface area contributed by atoms with Crippen LogP contribution in [0.3, 0.4) is 0 Å². The summed E-state index contributed by atoms with van der Waals surface area (Å²) in [5.41, 5.74) is 4.92. The molecule has 1 aliphatic carbocycles. The number of nitro groups is 1. The van der Waals surface area contributed by atoms with E-state index < -0.39 is 10.5 Å². The van der Waals surface area contributed by atoms with Gasteiger partial charge in [0.05, 0.1) is 17.1 Å². The van der Waals surface area contributed by atoms with Gasteiger partial charge in [0.2, 0.25) is 5.82 Å². The molecule has 1 aromatic heterocycles. The smallest absolute Gasteiger partial charge is 0.311 e. The van der Waals surface area contributed by atoms with Gasteiger partial charge in [-0.25, -0.2) is 4.98 Å². The maximum Gasteiger partial charge on any atom is 0.311 e. The van der Waals surface area contributed by atoms with Crippen LogP contribution in [0.1, 0.15) is 25.7 Å². The van der Waals surface area contributed by atoms with Gasteiger partial charge in [-0.1, -0.05) is 12.8 Å². The third kappa shape index (κ3) is 2.35. The number of nitrogens with zero attached hydrogens (tertiary/aromatic N) is 2. The van der Waals surface area contributed by atoms with Gasteiger partial charge in [0.15, 0.2) is 0 Å². The Balaban J connectivity index is 2.32. The summed E-state index contributed by atoms with van der Waals surface area (Å²) in [6.07, 6.45) is 3.53. The number of nitrogens with two attached hydrogens (primary N) is 1. The van der Waals surface area contributed by atoms with E-state index in [2.05, 4.69) is 10.3 Å². The standard InChI is InChI=1S/C11H16N4O3/c12-9-4-3-8(15(17)18)10(13-9)14-11(7-16)5-1-2-6-11/h3-4,16H,1-2,5-7H2,(H3,12,13,14). The number of aromatic nitrogens is 1. The number of rotatable bonds is 4. The Labute approximate surface area is 104 Å². The van der Waals surface area contributed by atoms with E-state index in [9.17, 15) is 15.2 Å². The summed E-state index contributed by atoms with van der Waals surface area (Å²) in [4.78, 5) is 14.4. The average molecular weight is 252 g/mol. The third-order valence-electron chi connectivity index (χ3n) is 3.34. The van der Waals surface area contributed by atoms with Crippen molar-refractivity contribution in [3.05, 3.63) is 22.2 Å². The highest BCUT2D eigenvalue weighted by Gasteiger charge is 2.35.